The lowest BCUT2D eigenvalue weighted by molar-refractivity contribution is -0.385. The van der Waals surface area contributed by atoms with Gasteiger partial charge in [0.25, 0.3) is 0 Å². The number of nitro groups is 1. The second-order valence-electron chi connectivity index (χ2n) is 7.25. The highest BCUT2D eigenvalue weighted by Gasteiger charge is 2.33. The molecule has 3 aromatic carbocycles. The molecule has 0 unspecified atom stereocenters. The molecule has 8 nitrogen and oxygen atoms in total. The standard InChI is InChI=1S/C24H15F3N4O4/c1-34-18-7-8-19-20(12-18)30-23(29-19)15(13-28)10-14-2-5-17(6-3-14)35-22-9-4-16(24(25,26)27)11-21(22)31(32)33/h2-12H,1H3,(H,29,30)/b15-10-. The zero-order valence-corrected chi connectivity index (χ0v) is 18.0. The van der Waals surface area contributed by atoms with Crippen LogP contribution in [0, 0.1) is 21.4 Å². The van der Waals surface area contributed by atoms with Crippen LogP contribution < -0.4 is 9.47 Å². The number of alkyl halides is 3. The summed E-state index contributed by atoms with van der Waals surface area (Å²) in [5.41, 5.74) is 0.259. The Morgan fingerprint density at radius 1 is 1.11 bits per heavy atom. The summed E-state index contributed by atoms with van der Waals surface area (Å²) in [6.07, 6.45) is -3.14. The summed E-state index contributed by atoms with van der Waals surface area (Å²) in [6.45, 7) is 0. The quantitative estimate of drug-likeness (QED) is 0.195. The van der Waals surface area contributed by atoms with Crippen LogP contribution >= 0.6 is 0 Å². The molecular formula is C24H15F3N4O4. The molecule has 0 aliphatic heterocycles. The minimum absolute atomic E-state index is 0.166. The Kier molecular flexibility index (Phi) is 6.12. The molecule has 0 atom stereocenters. The van der Waals surface area contributed by atoms with E-state index < -0.39 is 22.4 Å². The number of nitrogens with one attached hydrogen (secondary N) is 1. The van der Waals surface area contributed by atoms with E-state index in [2.05, 4.69) is 16.0 Å². The van der Waals surface area contributed by atoms with E-state index in [-0.39, 0.29) is 17.1 Å². The van der Waals surface area contributed by atoms with Crippen molar-refractivity contribution in [2.45, 2.75) is 6.18 Å². The summed E-state index contributed by atoms with van der Waals surface area (Å²) in [7, 11) is 1.54. The number of hydrogen-bond donors (Lipinski definition) is 1. The summed E-state index contributed by atoms with van der Waals surface area (Å²) in [5.74, 6) is 0.830. The van der Waals surface area contributed by atoms with Crippen molar-refractivity contribution >= 4 is 28.4 Å². The first-order valence-electron chi connectivity index (χ1n) is 9.97. The van der Waals surface area contributed by atoms with E-state index in [1.54, 1.807) is 43.5 Å². The molecule has 4 aromatic rings. The minimum Gasteiger partial charge on any atom is -0.497 e. The van der Waals surface area contributed by atoms with Crippen LogP contribution in [0.5, 0.6) is 17.2 Å². The van der Waals surface area contributed by atoms with Crippen molar-refractivity contribution in [3.05, 3.63) is 87.7 Å². The number of H-pyrrole nitrogens is 1. The van der Waals surface area contributed by atoms with Crippen LogP contribution in [0.4, 0.5) is 18.9 Å². The van der Waals surface area contributed by atoms with Gasteiger partial charge < -0.3 is 14.5 Å². The molecule has 0 spiro atoms. The van der Waals surface area contributed by atoms with Gasteiger partial charge in [0.2, 0.25) is 5.75 Å². The maximum atomic E-state index is 12.9. The first-order chi connectivity index (χ1) is 16.7. The van der Waals surface area contributed by atoms with E-state index in [1.807, 2.05) is 0 Å². The lowest BCUT2D eigenvalue weighted by Crippen LogP contribution is -2.06. The predicted molar refractivity (Wildman–Crippen MR) is 121 cm³/mol. The van der Waals surface area contributed by atoms with Crippen LogP contribution in [0.15, 0.2) is 60.7 Å². The molecule has 4 rings (SSSR count). The molecule has 11 heteroatoms. The topological polar surface area (TPSA) is 114 Å². The first-order valence-corrected chi connectivity index (χ1v) is 9.97. The Bertz CT molecular complexity index is 1490. The zero-order chi connectivity index (χ0) is 25.2. The zero-order valence-electron chi connectivity index (χ0n) is 18.0. The maximum absolute atomic E-state index is 12.9. The van der Waals surface area contributed by atoms with Gasteiger partial charge in [-0.1, -0.05) is 12.1 Å². The molecule has 176 valence electrons. The van der Waals surface area contributed by atoms with Crippen molar-refractivity contribution in [3.8, 4) is 23.3 Å². The van der Waals surface area contributed by atoms with Gasteiger partial charge in [0.05, 0.1) is 34.2 Å². The van der Waals surface area contributed by atoms with Gasteiger partial charge in [-0.05, 0) is 48.0 Å². The number of halogens is 3. The molecule has 1 N–H and O–H groups in total. The number of ether oxygens (including phenoxy) is 2. The summed E-state index contributed by atoms with van der Waals surface area (Å²) in [5, 5.41) is 20.8. The third-order valence-corrected chi connectivity index (χ3v) is 4.97. The Balaban J connectivity index is 1.58. The van der Waals surface area contributed by atoms with Crippen LogP contribution in [0.2, 0.25) is 0 Å². The fourth-order valence-corrected chi connectivity index (χ4v) is 3.25. The number of benzene rings is 3. The van der Waals surface area contributed by atoms with Crippen LogP contribution in [0.1, 0.15) is 17.0 Å². The van der Waals surface area contributed by atoms with Gasteiger partial charge in [-0.3, -0.25) is 10.1 Å². The van der Waals surface area contributed by atoms with E-state index in [1.165, 1.54) is 12.1 Å². The summed E-state index contributed by atoms with van der Waals surface area (Å²) < 4.78 is 49.3. The summed E-state index contributed by atoms with van der Waals surface area (Å²) in [6, 6.07) is 15.5. The molecular weight excluding hydrogens is 465 g/mol. The normalized spacial score (nSPS) is 11.8. The first kappa shape index (κ1) is 23.3. The molecule has 0 fully saturated rings. The summed E-state index contributed by atoms with van der Waals surface area (Å²) in [4.78, 5) is 17.8. The minimum atomic E-state index is -4.72. The largest absolute Gasteiger partial charge is 0.497 e. The number of methoxy groups -OCH3 is 1. The van der Waals surface area contributed by atoms with Crippen molar-refractivity contribution < 1.29 is 27.6 Å². The number of nitrogens with zero attached hydrogens (tertiary/aromatic N) is 3. The number of rotatable bonds is 6. The smallest absolute Gasteiger partial charge is 0.416 e. The predicted octanol–water partition coefficient (Wildman–Crippen LogP) is 6.35. The van der Waals surface area contributed by atoms with E-state index in [0.717, 1.165) is 6.07 Å². The molecule has 0 saturated heterocycles. The lowest BCUT2D eigenvalue weighted by Gasteiger charge is -2.10. The molecule has 0 amide bonds. The Labute approximate surface area is 196 Å². The fourth-order valence-electron chi connectivity index (χ4n) is 3.25. The van der Waals surface area contributed by atoms with Gasteiger partial charge in [-0.2, -0.15) is 18.4 Å². The molecule has 0 aliphatic rings. The average Bonchev–Trinajstić information content (AvgIpc) is 3.26. The number of allylic oxidation sites excluding steroid dienone is 1. The Morgan fingerprint density at radius 2 is 1.83 bits per heavy atom. The number of nitro benzene ring substituents is 1. The highest BCUT2D eigenvalue weighted by molar-refractivity contribution is 5.90. The Hall–Kier alpha value is -4.85. The molecule has 0 radical (unpaired) electrons. The number of hydrogen-bond acceptors (Lipinski definition) is 6. The fraction of sp³-hybridized carbons (Fsp3) is 0.0833. The van der Waals surface area contributed by atoms with Crippen molar-refractivity contribution in [3.63, 3.8) is 0 Å². The van der Waals surface area contributed by atoms with Crippen molar-refractivity contribution in [1.29, 1.82) is 5.26 Å². The highest BCUT2D eigenvalue weighted by Crippen LogP contribution is 2.38. The van der Waals surface area contributed by atoms with Gasteiger partial charge in [0, 0.05) is 12.1 Å². The molecule has 0 bridgehead atoms. The number of imidazole rings is 1. The van der Waals surface area contributed by atoms with Crippen molar-refractivity contribution in [2.24, 2.45) is 0 Å². The highest BCUT2D eigenvalue weighted by atomic mass is 19.4. The van der Waals surface area contributed by atoms with Crippen molar-refractivity contribution in [1.82, 2.24) is 9.97 Å². The van der Waals surface area contributed by atoms with Gasteiger partial charge >= 0.3 is 11.9 Å². The van der Waals surface area contributed by atoms with E-state index in [0.29, 0.717) is 40.3 Å². The molecule has 0 saturated carbocycles. The number of aromatic amines is 1. The van der Waals surface area contributed by atoms with E-state index in [4.69, 9.17) is 9.47 Å². The number of nitriles is 1. The lowest BCUT2D eigenvalue weighted by atomic mass is 10.1. The summed E-state index contributed by atoms with van der Waals surface area (Å²) >= 11 is 0. The molecule has 1 aromatic heterocycles. The van der Waals surface area contributed by atoms with Crippen LogP contribution in [-0.4, -0.2) is 22.0 Å². The average molecular weight is 480 g/mol. The SMILES string of the molecule is COc1ccc2nc(/C(C#N)=C\c3ccc(Oc4ccc(C(F)(F)F)cc4[N+](=O)[O-])cc3)[nH]c2c1. The van der Waals surface area contributed by atoms with Gasteiger partial charge in [0.1, 0.15) is 23.4 Å². The maximum Gasteiger partial charge on any atom is 0.416 e. The van der Waals surface area contributed by atoms with Crippen LogP contribution in [0.25, 0.3) is 22.7 Å². The number of fused-ring (bicyclic) bond motifs is 1. The van der Waals surface area contributed by atoms with E-state index in [9.17, 15) is 28.5 Å². The monoisotopic (exact) mass is 480 g/mol. The van der Waals surface area contributed by atoms with Gasteiger partial charge in [-0.15, -0.1) is 0 Å². The Morgan fingerprint density at radius 3 is 2.46 bits per heavy atom. The third kappa shape index (κ3) is 5.06. The van der Waals surface area contributed by atoms with Crippen LogP contribution in [0.3, 0.4) is 0 Å². The molecule has 35 heavy (non-hydrogen) atoms. The van der Waals surface area contributed by atoms with Crippen LogP contribution in [-0.2, 0) is 6.18 Å². The second-order valence-corrected chi connectivity index (χ2v) is 7.25. The van der Waals surface area contributed by atoms with Gasteiger partial charge in [-0.25, -0.2) is 4.98 Å². The third-order valence-electron chi connectivity index (χ3n) is 4.97. The number of aromatic nitrogens is 2. The van der Waals surface area contributed by atoms with Gasteiger partial charge in [0.15, 0.2) is 0 Å². The molecule has 1 heterocycles. The van der Waals surface area contributed by atoms with E-state index >= 15 is 0 Å². The second kappa shape index (κ2) is 9.18. The molecule has 0 aliphatic carbocycles. The van der Waals surface area contributed by atoms with Crippen molar-refractivity contribution in [2.75, 3.05) is 7.11 Å².